The van der Waals surface area contributed by atoms with E-state index in [1.807, 2.05) is 80.8 Å². The Morgan fingerprint density at radius 3 is 2.26 bits per heavy atom. The van der Waals surface area contributed by atoms with E-state index < -0.39 is 11.6 Å². The molecule has 0 bridgehead atoms. The third-order valence-corrected chi connectivity index (χ3v) is 5.46. The predicted octanol–water partition coefficient (Wildman–Crippen LogP) is 8.17. The summed E-state index contributed by atoms with van der Waals surface area (Å²) >= 11 is 0. The molecule has 1 N–H and O–H groups in total. The zero-order valence-corrected chi connectivity index (χ0v) is 19.9. The van der Waals surface area contributed by atoms with Crippen LogP contribution in [0.1, 0.15) is 36.2 Å². The molecule has 176 valence electrons. The highest BCUT2D eigenvalue weighted by Crippen LogP contribution is 2.34. The third kappa shape index (κ3) is 5.04. The van der Waals surface area contributed by atoms with E-state index in [-0.39, 0.29) is 17.9 Å². The summed E-state index contributed by atoms with van der Waals surface area (Å²) in [7, 11) is 0. The molecule has 0 spiro atoms. The van der Waals surface area contributed by atoms with E-state index >= 15 is 0 Å². The first kappa shape index (κ1) is 24.8. The molecule has 0 saturated heterocycles. The van der Waals surface area contributed by atoms with Crippen molar-refractivity contribution in [2.75, 3.05) is 0 Å². The highest BCUT2D eigenvalue weighted by molar-refractivity contribution is 5.71. The summed E-state index contributed by atoms with van der Waals surface area (Å²) in [4.78, 5) is 0. The second kappa shape index (κ2) is 10.8. The molecule has 0 radical (unpaired) electrons. The second-order valence-corrected chi connectivity index (χ2v) is 7.63. The fraction of sp³-hybridized carbons (Fsp3) is 0.172. The minimum atomic E-state index is -0.641. The van der Waals surface area contributed by atoms with Crippen molar-refractivity contribution in [3.63, 3.8) is 0 Å². The Balaban J connectivity index is 0.00000158. The second-order valence-electron chi connectivity index (χ2n) is 7.63. The first-order chi connectivity index (χ1) is 16.4. The number of aliphatic hydroxyl groups is 1. The normalized spacial score (nSPS) is 10.4. The first-order valence-electron chi connectivity index (χ1n) is 11.2. The fourth-order valence-electron chi connectivity index (χ4n) is 3.78. The molecule has 4 rings (SSSR count). The molecule has 1 heterocycles. The van der Waals surface area contributed by atoms with E-state index in [0.29, 0.717) is 11.3 Å². The van der Waals surface area contributed by atoms with Crippen molar-refractivity contribution in [1.29, 1.82) is 0 Å². The van der Waals surface area contributed by atoms with Crippen LogP contribution < -0.4 is 4.74 Å². The van der Waals surface area contributed by atoms with Crippen LogP contribution in [0.3, 0.4) is 0 Å². The van der Waals surface area contributed by atoms with E-state index in [4.69, 9.17) is 4.74 Å². The number of halogens is 2. The third-order valence-electron chi connectivity index (χ3n) is 5.46. The summed E-state index contributed by atoms with van der Waals surface area (Å²) in [5.41, 5.74) is 4.94. The number of aliphatic hydroxyl groups excluding tert-OH is 1. The van der Waals surface area contributed by atoms with Crippen LogP contribution in [-0.4, -0.2) is 9.67 Å². The lowest BCUT2D eigenvalue weighted by atomic mass is 10.1. The van der Waals surface area contributed by atoms with Crippen molar-refractivity contribution in [2.24, 2.45) is 0 Å². The summed E-state index contributed by atoms with van der Waals surface area (Å²) < 4.78 is 36.0. The Morgan fingerprint density at radius 2 is 1.59 bits per heavy atom. The van der Waals surface area contributed by atoms with Gasteiger partial charge < -0.3 is 14.4 Å². The zero-order valence-electron chi connectivity index (χ0n) is 19.9. The number of ether oxygens (including phenoxy) is 1. The maximum absolute atomic E-state index is 14.0. The minimum Gasteiger partial charge on any atom is -0.508 e. The lowest BCUT2D eigenvalue weighted by Gasteiger charge is -2.17. The molecular weight excluding hydrogens is 432 g/mol. The Kier molecular flexibility index (Phi) is 7.90. The average molecular weight is 462 g/mol. The number of benzene rings is 3. The molecule has 3 aromatic carbocycles. The molecule has 3 nitrogen and oxygen atoms in total. The minimum absolute atomic E-state index is 0.00589. The van der Waals surface area contributed by atoms with Crippen LogP contribution in [0.2, 0.25) is 0 Å². The predicted molar refractivity (Wildman–Crippen MR) is 134 cm³/mol. The van der Waals surface area contributed by atoms with Gasteiger partial charge in [-0.15, -0.1) is 0 Å². The maximum atomic E-state index is 14.0. The van der Waals surface area contributed by atoms with E-state index in [0.717, 1.165) is 28.2 Å². The molecule has 0 fully saturated rings. The van der Waals surface area contributed by atoms with Crippen LogP contribution in [0.4, 0.5) is 8.78 Å². The van der Waals surface area contributed by atoms with Crippen LogP contribution in [0, 0.1) is 25.5 Å². The molecule has 0 aliphatic heterocycles. The van der Waals surface area contributed by atoms with Gasteiger partial charge in [-0.25, -0.2) is 8.78 Å². The Hall–Kier alpha value is -3.86. The van der Waals surface area contributed by atoms with Gasteiger partial charge in [-0.2, -0.15) is 0 Å². The summed E-state index contributed by atoms with van der Waals surface area (Å²) in [6.45, 7) is 11.3. The molecule has 0 atom stereocenters. The van der Waals surface area contributed by atoms with Crippen LogP contribution in [0.25, 0.3) is 22.7 Å². The molecule has 0 saturated carbocycles. The van der Waals surface area contributed by atoms with E-state index in [1.165, 1.54) is 18.2 Å². The van der Waals surface area contributed by atoms with Crippen molar-refractivity contribution in [3.05, 3.63) is 113 Å². The van der Waals surface area contributed by atoms with E-state index in [1.54, 1.807) is 6.07 Å². The van der Waals surface area contributed by atoms with E-state index in [9.17, 15) is 13.9 Å². The summed E-state index contributed by atoms with van der Waals surface area (Å²) in [5.74, 6) is -0.768. The monoisotopic (exact) mass is 461 g/mol. The number of para-hydroxylation sites is 1. The highest BCUT2D eigenvalue weighted by atomic mass is 19.1. The topological polar surface area (TPSA) is 34.4 Å². The van der Waals surface area contributed by atoms with Gasteiger partial charge in [0.05, 0.1) is 11.3 Å². The Morgan fingerprint density at radius 1 is 0.912 bits per heavy atom. The smallest absolute Gasteiger partial charge is 0.132 e. The fourth-order valence-corrected chi connectivity index (χ4v) is 3.78. The molecule has 1 aromatic heterocycles. The van der Waals surface area contributed by atoms with Gasteiger partial charge in [-0.1, -0.05) is 44.7 Å². The van der Waals surface area contributed by atoms with Crippen molar-refractivity contribution < 1.29 is 18.6 Å². The number of rotatable bonds is 6. The number of aromatic nitrogens is 1. The summed E-state index contributed by atoms with van der Waals surface area (Å²) in [6.07, 6.45) is 0. The highest BCUT2D eigenvalue weighted by Gasteiger charge is 2.16. The van der Waals surface area contributed by atoms with Gasteiger partial charge in [0.2, 0.25) is 0 Å². The van der Waals surface area contributed by atoms with Crippen LogP contribution in [0.5, 0.6) is 5.75 Å². The average Bonchev–Trinajstić information content (AvgIpc) is 3.21. The van der Waals surface area contributed by atoms with Crippen molar-refractivity contribution in [1.82, 2.24) is 4.57 Å². The van der Waals surface area contributed by atoms with Crippen LogP contribution in [-0.2, 0) is 6.61 Å². The van der Waals surface area contributed by atoms with Gasteiger partial charge in [0.25, 0.3) is 0 Å². The SMILES string of the molecule is C=C(O)c1cc(-n2c(C)ccc2-c2ccccc2OCc2c(F)cccc2F)ccc1C.CC. The quantitative estimate of drug-likeness (QED) is 0.294. The largest absolute Gasteiger partial charge is 0.508 e. The Bertz CT molecular complexity index is 1290. The van der Waals surface area contributed by atoms with Crippen molar-refractivity contribution in [3.8, 4) is 22.7 Å². The molecule has 0 unspecified atom stereocenters. The van der Waals surface area contributed by atoms with Gasteiger partial charge in [0.15, 0.2) is 0 Å². The number of aryl methyl sites for hydroxylation is 2. The molecule has 0 aliphatic rings. The molecule has 0 aliphatic carbocycles. The first-order valence-corrected chi connectivity index (χ1v) is 11.2. The maximum Gasteiger partial charge on any atom is 0.132 e. The number of hydrogen-bond acceptors (Lipinski definition) is 2. The number of hydrogen-bond donors (Lipinski definition) is 1. The van der Waals surface area contributed by atoms with Gasteiger partial charge >= 0.3 is 0 Å². The van der Waals surface area contributed by atoms with Gasteiger partial charge in [-0.3, -0.25) is 0 Å². The van der Waals surface area contributed by atoms with Crippen molar-refractivity contribution >= 4 is 5.76 Å². The summed E-state index contributed by atoms with van der Waals surface area (Å²) in [6, 6.07) is 20.9. The molecule has 34 heavy (non-hydrogen) atoms. The van der Waals surface area contributed by atoms with Crippen molar-refractivity contribution in [2.45, 2.75) is 34.3 Å². The molecule has 0 amide bonds. The van der Waals surface area contributed by atoms with Crippen LogP contribution >= 0.6 is 0 Å². The Labute approximate surface area is 199 Å². The van der Waals surface area contributed by atoms with Crippen LogP contribution in [0.15, 0.2) is 79.4 Å². The van der Waals surface area contributed by atoms with E-state index in [2.05, 4.69) is 6.58 Å². The standard InChI is InChI=1S/C27H23F2NO2.C2H6/c1-17-11-13-20(15-22(17)19(3)31)30-18(2)12-14-26(30)21-7-4-5-10-27(21)32-16-23-24(28)8-6-9-25(23)29;1-2/h4-15,31H,3,16H2,1-2H3;1-2H3. The number of nitrogens with zero attached hydrogens (tertiary/aromatic N) is 1. The summed E-state index contributed by atoms with van der Waals surface area (Å²) in [5, 5.41) is 9.96. The van der Waals surface area contributed by atoms with Gasteiger partial charge in [0, 0.05) is 22.5 Å². The lowest BCUT2D eigenvalue weighted by molar-refractivity contribution is 0.293. The molecule has 5 heteroatoms. The molecular formula is C29H29F2NO2. The van der Waals surface area contributed by atoms with Gasteiger partial charge in [-0.05, 0) is 67.9 Å². The zero-order chi connectivity index (χ0) is 24.8. The molecule has 4 aromatic rings. The van der Waals surface area contributed by atoms with Gasteiger partial charge in [0.1, 0.15) is 29.8 Å². The lowest BCUT2D eigenvalue weighted by Crippen LogP contribution is -2.04.